The fourth-order valence-electron chi connectivity index (χ4n) is 4.01. The molecule has 2 aromatic carbocycles. The van der Waals surface area contributed by atoms with E-state index in [9.17, 15) is 4.79 Å². The maximum Gasteiger partial charge on any atom is 0.233 e. The quantitative estimate of drug-likeness (QED) is 0.185. The van der Waals surface area contributed by atoms with Crippen molar-refractivity contribution in [2.24, 2.45) is 0 Å². The van der Waals surface area contributed by atoms with Crippen molar-refractivity contribution in [1.29, 1.82) is 0 Å². The summed E-state index contributed by atoms with van der Waals surface area (Å²) in [5.41, 5.74) is 3.54. The molecular formula is C28H27N5OS2. The standard InChI is InChI=1S/C28H27N5OS2/c1-3-22-24-26(33(32-22)20-14-9-6-10-15-20)30-25(19-12-7-5-8-13-19)31-28(24)36-23(4-2)27(34)29-18-21-16-11-17-35-21/h5-17,23H,3-4,18H2,1-2H3,(H,29,34)/t23-/m0/s1. The van der Waals surface area contributed by atoms with Gasteiger partial charge in [0.1, 0.15) is 5.03 Å². The molecule has 36 heavy (non-hydrogen) atoms. The number of hydrogen-bond donors (Lipinski definition) is 1. The van der Waals surface area contributed by atoms with Crippen LogP contribution in [0.4, 0.5) is 0 Å². The molecule has 0 bridgehead atoms. The third kappa shape index (κ3) is 5.05. The van der Waals surface area contributed by atoms with Crippen molar-refractivity contribution in [3.63, 3.8) is 0 Å². The van der Waals surface area contributed by atoms with Gasteiger partial charge >= 0.3 is 0 Å². The van der Waals surface area contributed by atoms with E-state index in [0.29, 0.717) is 18.8 Å². The second kappa shape index (κ2) is 11.1. The number of nitrogens with zero attached hydrogens (tertiary/aromatic N) is 4. The lowest BCUT2D eigenvalue weighted by atomic mass is 10.2. The van der Waals surface area contributed by atoms with E-state index >= 15 is 0 Å². The van der Waals surface area contributed by atoms with Crippen molar-refractivity contribution in [2.45, 2.75) is 43.5 Å². The molecule has 8 heteroatoms. The Morgan fingerprint density at radius 1 is 1.00 bits per heavy atom. The summed E-state index contributed by atoms with van der Waals surface area (Å²) in [7, 11) is 0. The Morgan fingerprint density at radius 3 is 2.42 bits per heavy atom. The van der Waals surface area contributed by atoms with Gasteiger partial charge in [0, 0.05) is 10.4 Å². The molecule has 5 rings (SSSR count). The van der Waals surface area contributed by atoms with Crippen LogP contribution in [0.3, 0.4) is 0 Å². The highest BCUT2D eigenvalue weighted by Crippen LogP contribution is 2.35. The molecule has 0 spiro atoms. The second-order valence-electron chi connectivity index (χ2n) is 8.28. The molecule has 6 nitrogen and oxygen atoms in total. The van der Waals surface area contributed by atoms with Gasteiger partial charge in [-0.1, -0.05) is 80.2 Å². The van der Waals surface area contributed by atoms with Gasteiger partial charge in [-0.25, -0.2) is 14.6 Å². The van der Waals surface area contributed by atoms with E-state index in [1.807, 2.05) is 89.8 Å². The zero-order valence-corrected chi connectivity index (χ0v) is 21.9. The summed E-state index contributed by atoms with van der Waals surface area (Å²) in [6, 6.07) is 24.0. The normalized spacial score (nSPS) is 12.1. The number of amides is 1. The molecular weight excluding hydrogens is 486 g/mol. The van der Waals surface area contributed by atoms with Crippen molar-refractivity contribution in [1.82, 2.24) is 25.1 Å². The molecule has 1 amide bonds. The van der Waals surface area contributed by atoms with Crippen LogP contribution >= 0.6 is 23.1 Å². The molecule has 182 valence electrons. The topological polar surface area (TPSA) is 72.7 Å². The largest absolute Gasteiger partial charge is 0.350 e. The Hall–Kier alpha value is -3.49. The highest BCUT2D eigenvalue weighted by atomic mass is 32.2. The first kappa shape index (κ1) is 24.2. The van der Waals surface area contributed by atoms with Gasteiger partial charge < -0.3 is 5.32 Å². The molecule has 0 unspecified atom stereocenters. The number of carbonyl (C=O) groups is 1. The van der Waals surface area contributed by atoms with Crippen molar-refractivity contribution in [2.75, 3.05) is 0 Å². The van der Waals surface area contributed by atoms with Gasteiger partial charge in [-0.3, -0.25) is 4.79 Å². The monoisotopic (exact) mass is 513 g/mol. The van der Waals surface area contributed by atoms with Crippen molar-refractivity contribution < 1.29 is 4.79 Å². The average molecular weight is 514 g/mol. The predicted molar refractivity (Wildman–Crippen MR) is 148 cm³/mol. The Labute approximate surface area is 218 Å². The van der Waals surface area contributed by atoms with Crippen molar-refractivity contribution >= 4 is 40.0 Å². The molecule has 0 aliphatic carbocycles. The number of thioether (sulfide) groups is 1. The minimum absolute atomic E-state index is 0.0115. The molecule has 0 radical (unpaired) electrons. The Bertz CT molecular complexity index is 1450. The Morgan fingerprint density at radius 2 is 1.75 bits per heavy atom. The lowest BCUT2D eigenvalue weighted by molar-refractivity contribution is -0.120. The maximum atomic E-state index is 13.2. The number of carbonyl (C=O) groups excluding carboxylic acids is 1. The number of rotatable bonds is 9. The summed E-state index contributed by atoms with van der Waals surface area (Å²) in [5.74, 6) is 0.636. The zero-order valence-electron chi connectivity index (χ0n) is 20.2. The third-order valence-corrected chi connectivity index (χ3v) is 8.10. The summed E-state index contributed by atoms with van der Waals surface area (Å²) < 4.78 is 1.89. The minimum Gasteiger partial charge on any atom is -0.350 e. The van der Waals surface area contributed by atoms with Gasteiger partial charge in [0.25, 0.3) is 0 Å². The van der Waals surface area contributed by atoms with E-state index in [1.54, 1.807) is 11.3 Å². The van der Waals surface area contributed by atoms with Crippen molar-refractivity contribution in [3.05, 3.63) is 88.7 Å². The van der Waals surface area contributed by atoms with Crippen LogP contribution in [0.15, 0.2) is 83.2 Å². The summed E-state index contributed by atoms with van der Waals surface area (Å²) in [4.78, 5) is 24.3. The van der Waals surface area contributed by atoms with Crippen LogP contribution in [0, 0.1) is 0 Å². The molecule has 0 aliphatic rings. The van der Waals surface area contributed by atoms with Crippen LogP contribution in [0.25, 0.3) is 28.1 Å². The van der Waals surface area contributed by atoms with Crippen LogP contribution < -0.4 is 5.32 Å². The van der Waals surface area contributed by atoms with E-state index in [0.717, 1.165) is 44.3 Å². The number of para-hydroxylation sites is 1. The van der Waals surface area contributed by atoms with Gasteiger partial charge in [0.05, 0.1) is 28.6 Å². The molecule has 3 heterocycles. The lowest BCUT2D eigenvalue weighted by Gasteiger charge is -2.15. The lowest BCUT2D eigenvalue weighted by Crippen LogP contribution is -2.31. The number of fused-ring (bicyclic) bond motifs is 1. The van der Waals surface area contributed by atoms with E-state index < -0.39 is 0 Å². The Kier molecular flexibility index (Phi) is 7.44. The molecule has 0 aliphatic heterocycles. The first-order valence-electron chi connectivity index (χ1n) is 12.0. The van der Waals surface area contributed by atoms with Crippen LogP contribution in [-0.4, -0.2) is 30.9 Å². The Balaban J connectivity index is 1.59. The SMILES string of the molecule is CCc1nn(-c2ccccc2)c2nc(-c3ccccc3)nc(S[C@@H](CC)C(=O)NCc3cccs3)c12. The molecule has 0 fully saturated rings. The van der Waals surface area contributed by atoms with Gasteiger partial charge in [0.15, 0.2) is 11.5 Å². The average Bonchev–Trinajstić information content (AvgIpc) is 3.59. The van der Waals surface area contributed by atoms with E-state index in [1.165, 1.54) is 11.8 Å². The smallest absolute Gasteiger partial charge is 0.233 e. The molecule has 0 saturated carbocycles. The predicted octanol–water partition coefficient (Wildman–Crippen LogP) is 6.29. The van der Waals surface area contributed by atoms with Crippen molar-refractivity contribution in [3.8, 4) is 17.1 Å². The number of hydrogen-bond acceptors (Lipinski definition) is 6. The van der Waals surface area contributed by atoms with E-state index in [-0.39, 0.29) is 11.2 Å². The van der Waals surface area contributed by atoms with Gasteiger partial charge in [-0.2, -0.15) is 5.10 Å². The summed E-state index contributed by atoms with van der Waals surface area (Å²) >= 11 is 3.14. The van der Waals surface area contributed by atoms with Crippen LogP contribution in [0.1, 0.15) is 30.8 Å². The third-order valence-electron chi connectivity index (χ3n) is 5.87. The van der Waals surface area contributed by atoms with E-state index in [4.69, 9.17) is 15.1 Å². The van der Waals surface area contributed by atoms with Crippen LogP contribution in [0.2, 0.25) is 0 Å². The minimum atomic E-state index is -0.281. The number of thiophene rings is 1. The molecule has 0 saturated heterocycles. The van der Waals surface area contributed by atoms with Gasteiger partial charge in [-0.05, 0) is 36.4 Å². The van der Waals surface area contributed by atoms with Gasteiger partial charge in [-0.15, -0.1) is 11.3 Å². The van der Waals surface area contributed by atoms with Crippen LogP contribution in [-0.2, 0) is 17.8 Å². The number of benzene rings is 2. The first-order valence-corrected chi connectivity index (χ1v) is 13.8. The highest BCUT2D eigenvalue weighted by Gasteiger charge is 2.25. The first-order chi connectivity index (χ1) is 17.7. The van der Waals surface area contributed by atoms with E-state index in [2.05, 4.69) is 12.2 Å². The highest BCUT2D eigenvalue weighted by molar-refractivity contribution is 8.00. The molecule has 5 aromatic rings. The van der Waals surface area contributed by atoms with Gasteiger partial charge in [0.2, 0.25) is 5.91 Å². The summed E-state index contributed by atoms with van der Waals surface area (Å²) in [6.45, 7) is 4.66. The number of aryl methyl sites for hydroxylation is 1. The zero-order chi connectivity index (χ0) is 24.9. The molecule has 1 atom stereocenters. The molecule has 3 aromatic heterocycles. The number of aromatic nitrogens is 4. The fourth-order valence-corrected chi connectivity index (χ4v) is 5.75. The van der Waals surface area contributed by atoms with Crippen LogP contribution in [0.5, 0.6) is 0 Å². The summed E-state index contributed by atoms with van der Waals surface area (Å²) in [5, 5.41) is 11.5. The second-order valence-corrected chi connectivity index (χ2v) is 10.5. The maximum absolute atomic E-state index is 13.2. The number of nitrogens with one attached hydrogen (secondary N) is 1. The fraction of sp³-hybridized carbons (Fsp3) is 0.214. The molecule has 1 N–H and O–H groups in total. The summed E-state index contributed by atoms with van der Waals surface area (Å²) in [6.07, 6.45) is 1.42.